The van der Waals surface area contributed by atoms with Crippen LogP contribution in [0.15, 0.2) is 29.3 Å². The molecule has 1 aliphatic rings. The van der Waals surface area contributed by atoms with E-state index in [-0.39, 0.29) is 12.1 Å². The molecule has 0 aromatic heterocycles. The average molecular weight is 389 g/mol. The second-order valence-corrected chi connectivity index (χ2v) is 7.45. The number of guanidine groups is 1. The van der Waals surface area contributed by atoms with Gasteiger partial charge in [-0.1, -0.05) is 19.1 Å². The summed E-state index contributed by atoms with van der Waals surface area (Å²) in [7, 11) is 0. The van der Waals surface area contributed by atoms with Crippen LogP contribution in [0.1, 0.15) is 46.1 Å². The molecule has 0 radical (unpaired) electrons. The molecule has 0 spiro atoms. The summed E-state index contributed by atoms with van der Waals surface area (Å²) in [6.07, 6.45) is 2.53. The number of nitrogens with zero attached hydrogens (tertiary/aromatic N) is 2. The van der Waals surface area contributed by atoms with E-state index >= 15 is 0 Å². The highest BCUT2D eigenvalue weighted by atomic mass is 16.2. The number of nitrogens with one attached hydrogen (secondary N) is 4. The monoisotopic (exact) mass is 388 g/mol. The number of amides is 2. The zero-order valence-electron chi connectivity index (χ0n) is 17.7. The lowest BCUT2D eigenvalue weighted by Crippen LogP contribution is -2.44. The third-order valence-electron chi connectivity index (χ3n) is 4.81. The average Bonchev–Trinajstić information content (AvgIpc) is 3.12. The highest BCUT2D eigenvalue weighted by molar-refractivity contribution is 5.89. The predicted octanol–water partition coefficient (Wildman–Crippen LogP) is 2.76. The molecule has 7 heteroatoms. The van der Waals surface area contributed by atoms with E-state index in [1.54, 1.807) is 0 Å². The number of hydrogen-bond acceptors (Lipinski definition) is 3. The molecule has 2 rings (SSSR count). The number of carbonyl (C=O) groups is 1. The Kier molecular flexibility index (Phi) is 9.07. The Morgan fingerprint density at radius 2 is 1.96 bits per heavy atom. The summed E-state index contributed by atoms with van der Waals surface area (Å²) in [6, 6.07) is 8.32. The molecule has 1 heterocycles. The maximum Gasteiger partial charge on any atom is 0.319 e. The normalized spacial score (nSPS) is 17.6. The van der Waals surface area contributed by atoms with Crippen LogP contribution in [0.2, 0.25) is 0 Å². The molecule has 28 heavy (non-hydrogen) atoms. The Balaban J connectivity index is 1.86. The van der Waals surface area contributed by atoms with Gasteiger partial charge in [0.15, 0.2) is 5.96 Å². The van der Waals surface area contributed by atoms with Crippen molar-refractivity contribution in [1.82, 2.24) is 20.9 Å². The van der Waals surface area contributed by atoms with E-state index in [9.17, 15) is 4.79 Å². The minimum atomic E-state index is -0.188. The second-order valence-electron chi connectivity index (χ2n) is 7.45. The van der Waals surface area contributed by atoms with Crippen molar-refractivity contribution >= 4 is 17.7 Å². The summed E-state index contributed by atoms with van der Waals surface area (Å²) in [5, 5.41) is 12.4. The quantitative estimate of drug-likeness (QED) is 0.408. The Labute approximate surface area is 169 Å². The number of rotatable bonds is 8. The van der Waals surface area contributed by atoms with E-state index < -0.39 is 0 Å². The lowest BCUT2D eigenvalue weighted by atomic mass is 10.2. The van der Waals surface area contributed by atoms with Gasteiger partial charge >= 0.3 is 6.03 Å². The van der Waals surface area contributed by atoms with Crippen molar-refractivity contribution < 1.29 is 4.79 Å². The van der Waals surface area contributed by atoms with Gasteiger partial charge < -0.3 is 21.3 Å². The van der Waals surface area contributed by atoms with E-state index in [1.807, 2.05) is 38.1 Å². The summed E-state index contributed by atoms with van der Waals surface area (Å²) in [5.74, 6) is 0.851. The molecular formula is C21H36N6O. The first-order chi connectivity index (χ1) is 13.5. The lowest BCUT2D eigenvalue weighted by Gasteiger charge is -2.24. The van der Waals surface area contributed by atoms with Gasteiger partial charge in [-0.25, -0.2) is 9.79 Å². The first-order valence-corrected chi connectivity index (χ1v) is 10.4. The molecule has 1 fully saturated rings. The van der Waals surface area contributed by atoms with Gasteiger partial charge in [0.1, 0.15) is 0 Å². The van der Waals surface area contributed by atoms with Crippen LogP contribution in [0, 0.1) is 0 Å². The Bertz CT molecular complexity index is 628. The number of urea groups is 1. The van der Waals surface area contributed by atoms with Gasteiger partial charge in [0.25, 0.3) is 0 Å². The molecule has 1 aromatic rings. The Morgan fingerprint density at radius 1 is 1.21 bits per heavy atom. The Hall–Kier alpha value is -2.28. The van der Waals surface area contributed by atoms with Gasteiger partial charge in [0.05, 0.1) is 6.54 Å². The number of benzene rings is 1. The molecule has 1 unspecified atom stereocenters. The topological polar surface area (TPSA) is 80.8 Å². The number of likely N-dealkylation sites (tertiary alicyclic amines) is 1. The molecule has 156 valence electrons. The van der Waals surface area contributed by atoms with Crippen LogP contribution in [0.3, 0.4) is 0 Å². The summed E-state index contributed by atoms with van der Waals surface area (Å²) < 4.78 is 0. The fourth-order valence-corrected chi connectivity index (χ4v) is 3.39. The predicted molar refractivity (Wildman–Crippen MR) is 117 cm³/mol. The molecule has 4 N–H and O–H groups in total. The van der Waals surface area contributed by atoms with E-state index in [0.717, 1.165) is 36.8 Å². The highest BCUT2D eigenvalue weighted by Crippen LogP contribution is 2.15. The zero-order chi connectivity index (χ0) is 20.4. The van der Waals surface area contributed by atoms with Gasteiger partial charge in [-0.2, -0.15) is 0 Å². The third-order valence-corrected chi connectivity index (χ3v) is 4.81. The fourth-order valence-electron chi connectivity index (χ4n) is 3.39. The van der Waals surface area contributed by atoms with Crippen LogP contribution in [0.25, 0.3) is 0 Å². The van der Waals surface area contributed by atoms with Crippen molar-refractivity contribution in [1.29, 1.82) is 0 Å². The molecular weight excluding hydrogens is 352 g/mol. The van der Waals surface area contributed by atoms with Crippen molar-refractivity contribution in [3.63, 3.8) is 0 Å². The summed E-state index contributed by atoms with van der Waals surface area (Å²) in [4.78, 5) is 19.0. The molecule has 1 atom stereocenters. The lowest BCUT2D eigenvalue weighted by molar-refractivity contribution is 0.250. The van der Waals surface area contributed by atoms with Crippen LogP contribution in [0.4, 0.5) is 10.5 Å². The second kappa shape index (κ2) is 11.5. The molecule has 2 amide bonds. The number of anilines is 1. The number of hydrogen-bond donors (Lipinski definition) is 4. The molecule has 0 bridgehead atoms. The largest absolute Gasteiger partial charge is 0.357 e. The Morgan fingerprint density at radius 3 is 2.61 bits per heavy atom. The molecule has 1 saturated heterocycles. The SMILES string of the molecule is CCNC(=NCc1ccc(NC(=O)NC(C)C)cc1)NCC1CCCN1CC. The standard InChI is InChI=1S/C21H36N6O/c1-5-22-20(24-15-19-8-7-13-27(19)6-2)23-14-17-9-11-18(12-10-17)26-21(28)25-16(3)4/h9-12,16,19H,5-8,13-15H2,1-4H3,(H2,22,23,24)(H2,25,26,28). The molecule has 1 aliphatic heterocycles. The maximum absolute atomic E-state index is 11.8. The van der Waals surface area contributed by atoms with Gasteiger partial charge in [0, 0.05) is 30.9 Å². The first kappa shape index (κ1) is 22.0. The van der Waals surface area contributed by atoms with Crippen molar-refractivity contribution in [2.24, 2.45) is 4.99 Å². The van der Waals surface area contributed by atoms with E-state index in [1.165, 1.54) is 19.4 Å². The minimum absolute atomic E-state index is 0.110. The zero-order valence-corrected chi connectivity index (χ0v) is 17.7. The first-order valence-electron chi connectivity index (χ1n) is 10.4. The number of likely N-dealkylation sites (N-methyl/N-ethyl adjacent to an activating group) is 1. The molecule has 1 aromatic carbocycles. The summed E-state index contributed by atoms with van der Waals surface area (Å²) in [5.41, 5.74) is 1.87. The highest BCUT2D eigenvalue weighted by Gasteiger charge is 2.22. The maximum atomic E-state index is 11.8. The smallest absolute Gasteiger partial charge is 0.319 e. The van der Waals surface area contributed by atoms with E-state index in [2.05, 4.69) is 40.0 Å². The van der Waals surface area contributed by atoms with Gasteiger partial charge in [-0.15, -0.1) is 0 Å². The number of aliphatic imine (C=N–C) groups is 1. The van der Waals surface area contributed by atoms with Crippen LogP contribution in [0.5, 0.6) is 0 Å². The van der Waals surface area contributed by atoms with Crippen molar-refractivity contribution in [2.75, 3.05) is 31.5 Å². The van der Waals surface area contributed by atoms with Crippen LogP contribution < -0.4 is 21.3 Å². The molecule has 0 aliphatic carbocycles. The van der Waals surface area contributed by atoms with E-state index in [4.69, 9.17) is 4.99 Å². The number of carbonyl (C=O) groups excluding carboxylic acids is 1. The van der Waals surface area contributed by atoms with E-state index in [0.29, 0.717) is 12.6 Å². The fraction of sp³-hybridized carbons (Fsp3) is 0.619. The summed E-state index contributed by atoms with van der Waals surface area (Å²) >= 11 is 0. The minimum Gasteiger partial charge on any atom is -0.357 e. The van der Waals surface area contributed by atoms with Crippen molar-refractivity contribution in [3.05, 3.63) is 29.8 Å². The third kappa shape index (κ3) is 7.38. The van der Waals surface area contributed by atoms with Crippen molar-refractivity contribution in [2.45, 2.75) is 59.2 Å². The van der Waals surface area contributed by atoms with Crippen LogP contribution in [-0.2, 0) is 6.54 Å². The van der Waals surface area contributed by atoms with Crippen LogP contribution in [-0.4, -0.2) is 55.2 Å². The summed E-state index contributed by atoms with van der Waals surface area (Å²) in [6.45, 7) is 12.8. The van der Waals surface area contributed by atoms with Gasteiger partial charge in [-0.05, 0) is 64.4 Å². The van der Waals surface area contributed by atoms with Crippen molar-refractivity contribution in [3.8, 4) is 0 Å². The molecule has 0 saturated carbocycles. The molecule has 7 nitrogen and oxygen atoms in total. The van der Waals surface area contributed by atoms with Gasteiger partial charge in [0.2, 0.25) is 0 Å². The van der Waals surface area contributed by atoms with Crippen LogP contribution >= 0.6 is 0 Å². The van der Waals surface area contributed by atoms with Gasteiger partial charge in [-0.3, -0.25) is 4.90 Å².